The van der Waals surface area contributed by atoms with Crippen molar-refractivity contribution in [2.45, 2.75) is 18.8 Å². The maximum Gasteiger partial charge on any atom is 0.337 e. The van der Waals surface area contributed by atoms with Gasteiger partial charge in [0.15, 0.2) is 0 Å². The Hall–Kier alpha value is -2.63. The van der Waals surface area contributed by atoms with Gasteiger partial charge in [-0.25, -0.2) is 4.79 Å². The number of fused-ring (bicyclic) bond motifs is 1. The predicted octanol–water partition coefficient (Wildman–Crippen LogP) is 1.40. The molecule has 3 rings (SSSR count). The highest BCUT2D eigenvalue weighted by molar-refractivity contribution is 6.06. The van der Waals surface area contributed by atoms with Crippen LogP contribution in [0.2, 0.25) is 0 Å². The van der Waals surface area contributed by atoms with Crippen LogP contribution >= 0.6 is 0 Å². The molecule has 1 aromatic carbocycles. The fraction of sp³-hybridized carbons (Fsp3) is 0.267. The summed E-state index contributed by atoms with van der Waals surface area (Å²) in [5.74, 6) is -2.01. The summed E-state index contributed by atoms with van der Waals surface area (Å²) in [7, 11) is 1.75. The Kier molecular flexibility index (Phi) is 3.01. The molecular weight excluding hydrogens is 272 g/mol. The van der Waals surface area contributed by atoms with Crippen LogP contribution in [0.15, 0.2) is 24.4 Å². The van der Waals surface area contributed by atoms with Crippen molar-refractivity contribution in [3.8, 4) is 0 Å². The number of hydrogen-bond donors (Lipinski definition) is 2. The molecule has 1 aliphatic heterocycles. The van der Waals surface area contributed by atoms with Crippen molar-refractivity contribution in [1.82, 2.24) is 9.88 Å². The molecule has 21 heavy (non-hydrogen) atoms. The zero-order chi connectivity index (χ0) is 15.1. The number of aromatic carboxylic acids is 1. The molecule has 1 atom stereocenters. The largest absolute Gasteiger partial charge is 0.478 e. The summed E-state index contributed by atoms with van der Waals surface area (Å²) in [6.45, 7) is 0. The van der Waals surface area contributed by atoms with Gasteiger partial charge in [0.2, 0.25) is 11.8 Å². The van der Waals surface area contributed by atoms with Crippen molar-refractivity contribution in [2.24, 2.45) is 7.05 Å². The Morgan fingerprint density at radius 3 is 2.81 bits per heavy atom. The number of carboxylic acid groups (broad SMARTS) is 1. The standard InChI is InChI=1S/C15H14N2O4/c1-17-7-11(9-5-6-12(18)16-14(9)19)8-3-2-4-10(13(8)17)15(20)21/h2-4,7,9H,5-6H2,1H3,(H,20,21)(H,16,18,19). The third kappa shape index (κ3) is 2.08. The predicted molar refractivity (Wildman–Crippen MR) is 75.0 cm³/mol. The second kappa shape index (κ2) is 4.73. The van der Waals surface area contributed by atoms with Gasteiger partial charge in [0.25, 0.3) is 0 Å². The van der Waals surface area contributed by atoms with E-state index in [4.69, 9.17) is 0 Å². The second-order valence-electron chi connectivity index (χ2n) is 5.21. The molecule has 1 fully saturated rings. The van der Waals surface area contributed by atoms with E-state index in [1.54, 1.807) is 36.0 Å². The van der Waals surface area contributed by atoms with Gasteiger partial charge in [0.05, 0.1) is 17.0 Å². The van der Waals surface area contributed by atoms with Gasteiger partial charge < -0.3 is 9.67 Å². The van der Waals surface area contributed by atoms with Gasteiger partial charge in [0.1, 0.15) is 0 Å². The van der Waals surface area contributed by atoms with Crippen LogP contribution in [0.3, 0.4) is 0 Å². The lowest BCUT2D eigenvalue weighted by molar-refractivity contribution is -0.134. The normalized spacial score (nSPS) is 18.8. The number of hydrogen-bond acceptors (Lipinski definition) is 3. The van der Waals surface area contributed by atoms with Gasteiger partial charge in [-0.2, -0.15) is 0 Å². The van der Waals surface area contributed by atoms with Crippen molar-refractivity contribution in [3.05, 3.63) is 35.5 Å². The highest BCUT2D eigenvalue weighted by Gasteiger charge is 2.30. The molecule has 2 amide bonds. The monoisotopic (exact) mass is 286 g/mol. The third-order valence-corrected chi connectivity index (χ3v) is 3.88. The lowest BCUT2D eigenvalue weighted by Gasteiger charge is -2.20. The maximum absolute atomic E-state index is 12.0. The molecule has 1 aliphatic rings. The number of nitrogens with one attached hydrogen (secondary N) is 1. The molecule has 2 N–H and O–H groups in total. The van der Waals surface area contributed by atoms with Crippen LogP contribution in [0.1, 0.15) is 34.7 Å². The molecule has 0 spiro atoms. The molecule has 1 unspecified atom stereocenters. The van der Waals surface area contributed by atoms with E-state index < -0.39 is 11.9 Å². The van der Waals surface area contributed by atoms with E-state index >= 15 is 0 Å². The molecule has 0 bridgehead atoms. The summed E-state index contributed by atoms with van der Waals surface area (Å²) in [4.78, 5) is 34.6. The first-order valence-corrected chi connectivity index (χ1v) is 6.64. The first-order valence-electron chi connectivity index (χ1n) is 6.64. The number of piperidine rings is 1. The number of aromatic nitrogens is 1. The maximum atomic E-state index is 12.0. The van der Waals surface area contributed by atoms with Crippen molar-refractivity contribution in [1.29, 1.82) is 0 Å². The van der Waals surface area contributed by atoms with E-state index in [1.807, 2.05) is 0 Å². The quantitative estimate of drug-likeness (QED) is 0.817. The molecule has 2 aromatic rings. The SMILES string of the molecule is Cn1cc(C2CCC(=O)NC2=O)c2cccc(C(=O)O)c21. The number of amides is 2. The van der Waals surface area contributed by atoms with Gasteiger partial charge >= 0.3 is 5.97 Å². The summed E-state index contributed by atoms with van der Waals surface area (Å²) < 4.78 is 1.72. The molecule has 6 nitrogen and oxygen atoms in total. The van der Waals surface area contributed by atoms with E-state index in [0.29, 0.717) is 18.4 Å². The van der Waals surface area contributed by atoms with E-state index in [0.717, 1.165) is 10.9 Å². The van der Waals surface area contributed by atoms with Crippen LogP contribution in [0.4, 0.5) is 0 Å². The Morgan fingerprint density at radius 2 is 2.14 bits per heavy atom. The van der Waals surface area contributed by atoms with Crippen LogP contribution in [0, 0.1) is 0 Å². The molecule has 0 radical (unpaired) electrons. The average Bonchev–Trinajstić information content (AvgIpc) is 2.76. The van der Waals surface area contributed by atoms with Crippen LogP contribution in [-0.2, 0) is 16.6 Å². The van der Waals surface area contributed by atoms with Crippen molar-refractivity contribution < 1.29 is 19.5 Å². The van der Waals surface area contributed by atoms with Gasteiger partial charge in [0, 0.05) is 25.1 Å². The number of carbonyl (C=O) groups excluding carboxylic acids is 2. The Morgan fingerprint density at radius 1 is 1.38 bits per heavy atom. The zero-order valence-corrected chi connectivity index (χ0v) is 11.4. The third-order valence-electron chi connectivity index (χ3n) is 3.88. The highest BCUT2D eigenvalue weighted by Crippen LogP contribution is 2.33. The molecule has 2 heterocycles. The van der Waals surface area contributed by atoms with Crippen LogP contribution < -0.4 is 5.32 Å². The van der Waals surface area contributed by atoms with Crippen LogP contribution in [-0.4, -0.2) is 27.5 Å². The van der Waals surface area contributed by atoms with E-state index in [2.05, 4.69) is 5.32 Å². The minimum absolute atomic E-state index is 0.202. The van der Waals surface area contributed by atoms with Gasteiger partial charge in [-0.1, -0.05) is 12.1 Å². The van der Waals surface area contributed by atoms with Crippen LogP contribution in [0.5, 0.6) is 0 Å². The summed E-state index contributed by atoms with van der Waals surface area (Å²) in [5, 5.41) is 12.4. The summed E-state index contributed by atoms with van der Waals surface area (Å²) in [5.41, 5.74) is 1.55. The first kappa shape index (κ1) is 13.4. The van der Waals surface area contributed by atoms with Gasteiger partial charge in [-0.15, -0.1) is 0 Å². The Labute approximate surface area is 120 Å². The summed E-state index contributed by atoms with van der Waals surface area (Å²) in [6, 6.07) is 5.01. The number of benzene rings is 1. The molecule has 1 aromatic heterocycles. The van der Waals surface area contributed by atoms with Crippen molar-refractivity contribution in [3.63, 3.8) is 0 Å². The van der Waals surface area contributed by atoms with Gasteiger partial charge in [-0.3, -0.25) is 14.9 Å². The summed E-state index contributed by atoms with van der Waals surface area (Å²) >= 11 is 0. The number of aryl methyl sites for hydroxylation is 1. The summed E-state index contributed by atoms with van der Waals surface area (Å²) in [6.07, 6.45) is 2.52. The van der Waals surface area contributed by atoms with Crippen LogP contribution in [0.25, 0.3) is 10.9 Å². The lowest BCUT2D eigenvalue weighted by atomic mass is 9.90. The topological polar surface area (TPSA) is 88.4 Å². The number of para-hydroxylation sites is 1. The minimum atomic E-state index is -1.00. The molecule has 0 aliphatic carbocycles. The van der Waals surface area contributed by atoms with E-state index in [1.165, 1.54) is 0 Å². The Bertz CT molecular complexity index is 775. The molecule has 1 saturated heterocycles. The first-order chi connectivity index (χ1) is 9.99. The fourth-order valence-electron chi connectivity index (χ4n) is 2.94. The van der Waals surface area contributed by atoms with E-state index in [9.17, 15) is 19.5 Å². The van der Waals surface area contributed by atoms with E-state index in [-0.39, 0.29) is 17.4 Å². The number of carboxylic acids is 1. The molecule has 6 heteroatoms. The zero-order valence-electron chi connectivity index (χ0n) is 11.4. The number of imide groups is 1. The van der Waals surface area contributed by atoms with Crippen molar-refractivity contribution >= 4 is 28.7 Å². The molecule has 0 saturated carbocycles. The minimum Gasteiger partial charge on any atom is -0.478 e. The highest BCUT2D eigenvalue weighted by atomic mass is 16.4. The Balaban J connectivity index is 2.17. The average molecular weight is 286 g/mol. The smallest absolute Gasteiger partial charge is 0.337 e. The molecule has 108 valence electrons. The number of carbonyl (C=O) groups is 3. The second-order valence-corrected chi connectivity index (χ2v) is 5.21. The number of nitrogens with zero attached hydrogens (tertiary/aromatic N) is 1. The van der Waals surface area contributed by atoms with Crippen molar-refractivity contribution in [2.75, 3.05) is 0 Å². The lowest BCUT2D eigenvalue weighted by Crippen LogP contribution is -2.39. The van der Waals surface area contributed by atoms with Gasteiger partial charge in [-0.05, 0) is 18.1 Å². The molecular formula is C15H14N2O4. The fourth-order valence-corrected chi connectivity index (χ4v) is 2.94. The number of rotatable bonds is 2.